The summed E-state index contributed by atoms with van der Waals surface area (Å²) in [5.41, 5.74) is 0. The van der Waals surface area contributed by atoms with Crippen LogP contribution in [-0.2, 0) is 10.0 Å². The molecule has 1 fully saturated rings. The Labute approximate surface area is 69.0 Å². The molecular weight excluding hydrogens is 178 g/mol. The highest BCUT2D eigenvalue weighted by Crippen LogP contribution is 2.49. The van der Waals surface area contributed by atoms with E-state index in [1.807, 2.05) is 0 Å². The molecule has 3 nitrogen and oxygen atoms in total. The van der Waals surface area contributed by atoms with Crippen molar-refractivity contribution >= 4 is 18.1 Å². The minimum absolute atomic E-state index is 0.486. The second-order valence-electron chi connectivity index (χ2n) is 4.29. The van der Waals surface area contributed by atoms with Crippen LogP contribution in [0.5, 0.6) is 0 Å². The van der Waals surface area contributed by atoms with E-state index < -0.39 is 22.5 Å². The average molecular weight is 193 g/mol. The van der Waals surface area contributed by atoms with E-state index in [9.17, 15) is 8.42 Å². The van der Waals surface area contributed by atoms with Gasteiger partial charge < -0.3 is 0 Å². The first-order valence-corrected chi connectivity index (χ1v) is 8.78. The van der Waals surface area contributed by atoms with Gasteiger partial charge in [0.05, 0.1) is 12.4 Å². The van der Waals surface area contributed by atoms with E-state index in [0.717, 1.165) is 12.8 Å². The van der Waals surface area contributed by atoms with Gasteiger partial charge in [-0.05, 0) is 12.8 Å². The zero-order valence-electron chi connectivity index (χ0n) is 7.22. The number of sulfonamides is 1. The third kappa shape index (κ3) is 1.25. The number of hydrogen-bond donors (Lipinski definition) is 1. The second-order valence-corrected chi connectivity index (χ2v) is 12.0. The van der Waals surface area contributed by atoms with Crippen LogP contribution in [0.1, 0.15) is 12.8 Å². The van der Waals surface area contributed by atoms with Gasteiger partial charge in [0.2, 0.25) is 10.0 Å². The molecule has 11 heavy (non-hydrogen) atoms. The summed E-state index contributed by atoms with van der Waals surface area (Å²) < 4.78 is 21.9. The van der Waals surface area contributed by atoms with Crippen molar-refractivity contribution in [1.29, 1.82) is 0 Å². The molecule has 1 aliphatic rings. The monoisotopic (exact) mass is 193 g/mol. The van der Waals surface area contributed by atoms with Gasteiger partial charge in [-0.1, -0.05) is 19.6 Å². The van der Waals surface area contributed by atoms with Gasteiger partial charge in [0.1, 0.15) is 0 Å². The lowest BCUT2D eigenvalue weighted by atomic mass is 10.9. The van der Waals surface area contributed by atoms with Crippen LogP contribution >= 0.6 is 0 Å². The van der Waals surface area contributed by atoms with E-state index in [1.54, 1.807) is 0 Å². The standard InChI is InChI=1S/C6H15NO2SSi/c1-11(2,3)6(4-5-6)10(7,8)9/h4-5H2,1-3H3,(H2,7,8,9). The maximum absolute atomic E-state index is 11.2. The minimum atomic E-state index is -3.29. The maximum atomic E-state index is 11.2. The Hall–Kier alpha value is 0.127. The van der Waals surface area contributed by atoms with E-state index in [1.165, 1.54) is 0 Å². The Morgan fingerprint density at radius 3 is 1.64 bits per heavy atom. The van der Waals surface area contributed by atoms with Crippen molar-refractivity contribution in [1.82, 2.24) is 0 Å². The highest BCUT2D eigenvalue weighted by molar-refractivity contribution is 7.93. The van der Waals surface area contributed by atoms with Gasteiger partial charge in [-0.2, -0.15) is 0 Å². The van der Waals surface area contributed by atoms with Crippen molar-refractivity contribution < 1.29 is 8.42 Å². The smallest absolute Gasteiger partial charge is 0.212 e. The lowest BCUT2D eigenvalue weighted by Gasteiger charge is -2.26. The van der Waals surface area contributed by atoms with Crippen molar-refractivity contribution in [2.24, 2.45) is 5.14 Å². The molecule has 0 spiro atoms. The number of hydrogen-bond acceptors (Lipinski definition) is 2. The van der Waals surface area contributed by atoms with Gasteiger partial charge in [-0.25, -0.2) is 13.6 Å². The molecule has 0 bridgehead atoms. The summed E-state index contributed by atoms with van der Waals surface area (Å²) in [6, 6.07) is 0. The molecule has 2 N–H and O–H groups in total. The molecule has 0 unspecified atom stereocenters. The summed E-state index contributed by atoms with van der Waals surface area (Å²) in [5, 5.41) is 5.17. The molecule has 0 aliphatic heterocycles. The summed E-state index contributed by atoms with van der Waals surface area (Å²) in [6.45, 7) is 6.18. The SMILES string of the molecule is C[Si](C)(C)C1(S(N)(=O)=O)CC1. The summed E-state index contributed by atoms with van der Waals surface area (Å²) in [5.74, 6) is 0. The zero-order chi connectivity index (χ0) is 8.91. The van der Waals surface area contributed by atoms with Gasteiger partial charge in [-0.15, -0.1) is 0 Å². The minimum Gasteiger partial charge on any atom is -0.229 e. The van der Waals surface area contributed by atoms with Crippen molar-refractivity contribution in [2.45, 2.75) is 36.9 Å². The van der Waals surface area contributed by atoms with Gasteiger partial charge in [0.15, 0.2) is 0 Å². The normalized spacial score (nSPS) is 23.3. The second kappa shape index (κ2) is 2.08. The molecule has 0 aromatic carbocycles. The van der Waals surface area contributed by atoms with Crippen LogP contribution in [0.15, 0.2) is 0 Å². The predicted molar refractivity (Wildman–Crippen MR) is 48.4 cm³/mol. The number of rotatable bonds is 2. The molecular formula is C6H15NO2SSi. The number of nitrogens with two attached hydrogens (primary N) is 1. The summed E-state index contributed by atoms with van der Waals surface area (Å²) in [7, 11) is -4.91. The lowest BCUT2D eigenvalue weighted by Crippen LogP contribution is -2.49. The third-order valence-corrected chi connectivity index (χ3v) is 10.0. The van der Waals surface area contributed by atoms with Crippen LogP contribution in [0.4, 0.5) is 0 Å². The molecule has 0 atom stereocenters. The molecule has 66 valence electrons. The third-order valence-electron chi connectivity index (χ3n) is 2.62. The van der Waals surface area contributed by atoms with Gasteiger partial charge >= 0.3 is 0 Å². The van der Waals surface area contributed by atoms with Crippen LogP contribution < -0.4 is 5.14 Å². The largest absolute Gasteiger partial charge is 0.229 e. The Morgan fingerprint density at radius 2 is 1.64 bits per heavy atom. The lowest BCUT2D eigenvalue weighted by molar-refractivity contribution is 0.591. The molecule has 0 saturated heterocycles. The van der Waals surface area contributed by atoms with Crippen LogP contribution in [0.3, 0.4) is 0 Å². The molecule has 0 aromatic rings. The van der Waals surface area contributed by atoms with Crippen molar-refractivity contribution in [3.8, 4) is 0 Å². The Kier molecular flexibility index (Phi) is 1.74. The van der Waals surface area contributed by atoms with Gasteiger partial charge in [0.25, 0.3) is 0 Å². The molecule has 0 aromatic heterocycles. The Bertz CT molecular complexity index is 261. The quantitative estimate of drug-likeness (QED) is 0.656. The molecule has 1 aliphatic carbocycles. The summed E-state index contributed by atoms with van der Waals surface area (Å²) in [4.78, 5) is 0. The topological polar surface area (TPSA) is 60.2 Å². The van der Waals surface area contributed by atoms with E-state index in [-0.39, 0.29) is 0 Å². The van der Waals surface area contributed by atoms with Crippen molar-refractivity contribution in [3.05, 3.63) is 0 Å². The first-order chi connectivity index (χ1) is 4.71. The average Bonchev–Trinajstić information content (AvgIpc) is 2.31. The van der Waals surface area contributed by atoms with Gasteiger partial charge in [-0.3, -0.25) is 0 Å². The molecule has 0 amide bonds. The first-order valence-electron chi connectivity index (χ1n) is 3.73. The Morgan fingerprint density at radius 1 is 1.27 bits per heavy atom. The maximum Gasteiger partial charge on any atom is 0.212 e. The molecule has 0 radical (unpaired) electrons. The molecule has 5 heteroatoms. The Balaban J connectivity index is 3.05. The van der Waals surface area contributed by atoms with Crippen LogP contribution in [-0.4, -0.2) is 20.9 Å². The van der Waals surface area contributed by atoms with E-state index in [4.69, 9.17) is 5.14 Å². The van der Waals surface area contributed by atoms with E-state index >= 15 is 0 Å². The fourth-order valence-corrected chi connectivity index (χ4v) is 7.29. The van der Waals surface area contributed by atoms with Crippen molar-refractivity contribution in [2.75, 3.05) is 0 Å². The zero-order valence-corrected chi connectivity index (χ0v) is 9.03. The van der Waals surface area contributed by atoms with Crippen LogP contribution in [0.25, 0.3) is 0 Å². The first kappa shape index (κ1) is 9.22. The fourth-order valence-electron chi connectivity index (χ4n) is 1.57. The molecule has 1 rings (SSSR count). The van der Waals surface area contributed by atoms with Crippen LogP contribution in [0, 0.1) is 0 Å². The van der Waals surface area contributed by atoms with E-state index in [0.29, 0.717) is 0 Å². The predicted octanol–water partition coefficient (Wildman–Crippen LogP) is 0.685. The fraction of sp³-hybridized carbons (Fsp3) is 1.00. The van der Waals surface area contributed by atoms with Crippen molar-refractivity contribution in [3.63, 3.8) is 0 Å². The molecule has 1 saturated carbocycles. The summed E-state index contributed by atoms with van der Waals surface area (Å²) >= 11 is 0. The van der Waals surface area contributed by atoms with Crippen LogP contribution in [0.2, 0.25) is 19.6 Å². The highest BCUT2D eigenvalue weighted by Gasteiger charge is 2.61. The summed E-state index contributed by atoms with van der Waals surface area (Å²) in [6.07, 6.45) is 1.56. The highest BCUT2D eigenvalue weighted by atomic mass is 32.2. The van der Waals surface area contributed by atoms with Gasteiger partial charge in [0, 0.05) is 0 Å². The number of primary sulfonamides is 1. The van der Waals surface area contributed by atoms with E-state index in [2.05, 4.69) is 19.6 Å². The molecule has 0 heterocycles.